The smallest absolute Gasteiger partial charge is 0.326 e. The van der Waals surface area contributed by atoms with Crippen LogP contribution in [0, 0.1) is 0 Å². The molecule has 3 atom stereocenters. The Hall–Kier alpha value is -1.19. The monoisotopic (exact) mass is 294 g/mol. The van der Waals surface area contributed by atoms with Gasteiger partial charge in [0.1, 0.15) is 15.9 Å². The molecule has 1 heterocycles. The molecular formula is C10H18N2O6S. The molecule has 1 rings (SSSR count). The molecule has 0 radical (unpaired) electrons. The maximum Gasteiger partial charge on any atom is 0.326 e. The van der Waals surface area contributed by atoms with Gasteiger partial charge < -0.3 is 20.8 Å². The van der Waals surface area contributed by atoms with Gasteiger partial charge in [-0.05, 0) is 12.8 Å². The number of amides is 1. The number of carbonyl (C=O) groups is 2. The molecule has 1 aliphatic rings. The lowest BCUT2D eigenvalue weighted by molar-refractivity contribution is -0.142. The van der Waals surface area contributed by atoms with Crippen LogP contribution in [0.25, 0.3) is 0 Å². The Balaban J connectivity index is 2.54. The van der Waals surface area contributed by atoms with E-state index in [-0.39, 0.29) is 25.1 Å². The minimum Gasteiger partial charge on any atom is -0.480 e. The van der Waals surface area contributed by atoms with E-state index >= 15 is 0 Å². The molecule has 4 N–H and O–H groups in total. The van der Waals surface area contributed by atoms with E-state index < -0.39 is 39.9 Å². The molecule has 0 aromatic heterocycles. The lowest BCUT2D eigenvalue weighted by Gasteiger charge is -2.17. The number of carboxylic acids is 1. The third-order valence-electron chi connectivity index (χ3n) is 2.82. The van der Waals surface area contributed by atoms with Crippen molar-refractivity contribution in [3.05, 3.63) is 0 Å². The quantitative estimate of drug-likeness (QED) is 0.433. The molecule has 3 unspecified atom stereocenters. The second kappa shape index (κ2) is 6.31. The number of hydrogen-bond acceptors (Lipinski definition) is 6. The molecule has 110 valence electrons. The number of β-amino-alcohol motifs (C(OH)–C–C–N with tert-alkyl or cyclic N) is 1. The van der Waals surface area contributed by atoms with Crippen molar-refractivity contribution in [2.45, 2.75) is 31.0 Å². The number of aliphatic carboxylic acids is 1. The third kappa shape index (κ3) is 5.53. The maximum absolute atomic E-state index is 11.7. The predicted octanol–water partition coefficient (Wildman–Crippen LogP) is -2.29. The number of carbonyl (C=O) groups excluding carboxylic acids is 1. The van der Waals surface area contributed by atoms with E-state index in [2.05, 4.69) is 10.6 Å². The molecule has 1 fully saturated rings. The average Bonchev–Trinajstić information content (AvgIpc) is 2.69. The summed E-state index contributed by atoms with van der Waals surface area (Å²) in [6.07, 6.45) is 0.400. The Morgan fingerprint density at radius 3 is 2.53 bits per heavy atom. The van der Waals surface area contributed by atoms with Gasteiger partial charge >= 0.3 is 5.97 Å². The van der Waals surface area contributed by atoms with Crippen LogP contribution >= 0.6 is 0 Å². The van der Waals surface area contributed by atoms with Gasteiger partial charge in [0, 0.05) is 12.8 Å². The first-order valence-electron chi connectivity index (χ1n) is 5.81. The molecule has 0 bridgehead atoms. The summed E-state index contributed by atoms with van der Waals surface area (Å²) in [5.41, 5.74) is 0. The zero-order valence-corrected chi connectivity index (χ0v) is 11.3. The van der Waals surface area contributed by atoms with Gasteiger partial charge in [0.15, 0.2) is 0 Å². The van der Waals surface area contributed by atoms with Crippen molar-refractivity contribution in [1.29, 1.82) is 0 Å². The normalized spacial score (nSPS) is 24.9. The van der Waals surface area contributed by atoms with Gasteiger partial charge in [-0.2, -0.15) is 0 Å². The molecule has 19 heavy (non-hydrogen) atoms. The van der Waals surface area contributed by atoms with Crippen molar-refractivity contribution in [3.8, 4) is 0 Å². The Morgan fingerprint density at radius 2 is 2.11 bits per heavy atom. The van der Waals surface area contributed by atoms with Gasteiger partial charge in [-0.15, -0.1) is 0 Å². The van der Waals surface area contributed by atoms with Crippen molar-refractivity contribution in [2.24, 2.45) is 0 Å². The molecular weight excluding hydrogens is 276 g/mol. The topological polar surface area (TPSA) is 133 Å². The van der Waals surface area contributed by atoms with Crippen LogP contribution in [-0.2, 0) is 19.4 Å². The molecule has 0 saturated carbocycles. The predicted molar refractivity (Wildman–Crippen MR) is 66.3 cm³/mol. The molecule has 8 nitrogen and oxygen atoms in total. The highest BCUT2D eigenvalue weighted by Gasteiger charge is 2.31. The van der Waals surface area contributed by atoms with Crippen molar-refractivity contribution in [1.82, 2.24) is 10.6 Å². The molecule has 0 aliphatic carbocycles. The first-order valence-corrected chi connectivity index (χ1v) is 7.87. The number of aliphatic hydroxyl groups excluding tert-OH is 1. The van der Waals surface area contributed by atoms with Crippen molar-refractivity contribution in [2.75, 3.05) is 18.6 Å². The second-order valence-electron chi connectivity index (χ2n) is 4.67. The molecule has 0 aromatic carbocycles. The van der Waals surface area contributed by atoms with Crippen LogP contribution in [0.3, 0.4) is 0 Å². The van der Waals surface area contributed by atoms with E-state index in [1.54, 1.807) is 0 Å². The first-order chi connectivity index (χ1) is 8.69. The molecule has 1 amide bonds. The van der Waals surface area contributed by atoms with Crippen LogP contribution in [0.4, 0.5) is 0 Å². The van der Waals surface area contributed by atoms with E-state index in [0.29, 0.717) is 0 Å². The summed E-state index contributed by atoms with van der Waals surface area (Å²) in [7, 11) is -3.29. The van der Waals surface area contributed by atoms with Gasteiger partial charge in [-0.3, -0.25) is 4.79 Å². The lowest BCUT2D eigenvalue weighted by atomic mass is 10.1. The van der Waals surface area contributed by atoms with Crippen LogP contribution in [0.5, 0.6) is 0 Å². The molecule has 0 aromatic rings. The average molecular weight is 294 g/mol. The number of hydrogen-bond donors (Lipinski definition) is 4. The van der Waals surface area contributed by atoms with Gasteiger partial charge in [0.2, 0.25) is 5.91 Å². The van der Waals surface area contributed by atoms with E-state index in [1.807, 2.05) is 0 Å². The van der Waals surface area contributed by atoms with Gasteiger partial charge in [0.25, 0.3) is 0 Å². The first kappa shape index (κ1) is 15.9. The zero-order chi connectivity index (χ0) is 14.6. The third-order valence-corrected chi connectivity index (χ3v) is 3.79. The summed E-state index contributed by atoms with van der Waals surface area (Å²) in [4.78, 5) is 22.7. The highest BCUT2D eigenvalue weighted by Crippen LogP contribution is 2.07. The standard InChI is InChI=1S/C10H18N2O6S/c1-19(17,18)3-2-7(10(15)16)12-9(14)8-4-6(13)5-11-8/h6-8,11,13H,2-5H2,1H3,(H,12,14)(H,15,16). The van der Waals surface area contributed by atoms with E-state index in [1.165, 1.54) is 0 Å². The molecule has 9 heteroatoms. The second-order valence-corrected chi connectivity index (χ2v) is 6.93. The highest BCUT2D eigenvalue weighted by atomic mass is 32.2. The lowest BCUT2D eigenvalue weighted by Crippen LogP contribution is -2.48. The molecule has 0 spiro atoms. The van der Waals surface area contributed by atoms with Crippen LogP contribution in [0.2, 0.25) is 0 Å². The minimum atomic E-state index is -3.29. The van der Waals surface area contributed by atoms with Crippen molar-refractivity contribution >= 4 is 21.7 Å². The Labute approximate surface area is 111 Å². The van der Waals surface area contributed by atoms with Crippen LogP contribution < -0.4 is 10.6 Å². The summed E-state index contributed by atoms with van der Waals surface area (Å²) in [5.74, 6) is -2.14. The van der Waals surface area contributed by atoms with E-state index in [0.717, 1.165) is 6.26 Å². The number of nitrogens with one attached hydrogen (secondary N) is 2. The SMILES string of the molecule is CS(=O)(=O)CCC(NC(=O)C1CC(O)CN1)C(=O)O. The van der Waals surface area contributed by atoms with Crippen LogP contribution in [-0.4, -0.2) is 67.2 Å². The fraction of sp³-hybridized carbons (Fsp3) is 0.800. The fourth-order valence-corrected chi connectivity index (χ4v) is 2.44. The van der Waals surface area contributed by atoms with E-state index in [4.69, 9.17) is 5.11 Å². The van der Waals surface area contributed by atoms with Crippen LogP contribution in [0.15, 0.2) is 0 Å². The van der Waals surface area contributed by atoms with Gasteiger partial charge in [0.05, 0.1) is 17.9 Å². The summed E-state index contributed by atoms with van der Waals surface area (Å²) in [5, 5.41) is 23.2. The van der Waals surface area contributed by atoms with Crippen molar-refractivity contribution in [3.63, 3.8) is 0 Å². The fourth-order valence-electron chi connectivity index (χ4n) is 1.78. The number of sulfone groups is 1. The number of carboxylic acid groups (broad SMARTS) is 1. The summed E-state index contributed by atoms with van der Waals surface area (Å²) >= 11 is 0. The largest absolute Gasteiger partial charge is 0.480 e. The Bertz CT molecular complexity index is 449. The zero-order valence-electron chi connectivity index (χ0n) is 10.5. The Kier molecular flexibility index (Phi) is 5.27. The minimum absolute atomic E-state index is 0.185. The highest BCUT2D eigenvalue weighted by molar-refractivity contribution is 7.90. The summed E-state index contributed by atoms with van der Waals surface area (Å²) in [6.45, 7) is 0.277. The van der Waals surface area contributed by atoms with Gasteiger partial charge in [-0.1, -0.05) is 0 Å². The van der Waals surface area contributed by atoms with Crippen molar-refractivity contribution < 1.29 is 28.2 Å². The number of aliphatic hydroxyl groups is 1. The maximum atomic E-state index is 11.7. The molecule has 1 saturated heterocycles. The molecule has 1 aliphatic heterocycles. The van der Waals surface area contributed by atoms with E-state index in [9.17, 15) is 23.1 Å². The summed E-state index contributed by atoms with van der Waals surface area (Å²) in [6, 6.07) is -1.89. The van der Waals surface area contributed by atoms with Crippen LogP contribution in [0.1, 0.15) is 12.8 Å². The number of rotatable bonds is 6. The van der Waals surface area contributed by atoms with Gasteiger partial charge in [-0.25, -0.2) is 13.2 Å². The summed E-state index contributed by atoms with van der Waals surface area (Å²) < 4.78 is 22.0. The Morgan fingerprint density at radius 1 is 1.47 bits per heavy atom.